The monoisotopic (exact) mass is 894 g/mol. The van der Waals surface area contributed by atoms with E-state index in [0.717, 1.165) is 41.0 Å². The number of hydrogen-bond acceptors (Lipinski definition) is 8. The van der Waals surface area contributed by atoms with Crippen molar-refractivity contribution in [3.05, 3.63) is 54.4 Å². The summed E-state index contributed by atoms with van der Waals surface area (Å²) in [6.45, 7) is 15.1. The smallest absolute Gasteiger partial charge is 0.405 e. The molecule has 3 saturated heterocycles. The number of urea groups is 1. The van der Waals surface area contributed by atoms with Gasteiger partial charge in [0.15, 0.2) is 0 Å². The summed E-state index contributed by atoms with van der Waals surface area (Å²) >= 11 is 0. The molecule has 2 unspecified atom stereocenters. The average Bonchev–Trinajstić information content (AvgIpc) is 3.58. The highest BCUT2D eigenvalue weighted by atomic mass is 19.4. The molecule has 3 aliphatic heterocycles. The number of benzene rings is 3. The topological polar surface area (TPSA) is 152 Å². The minimum absolute atomic E-state index is 0.103. The van der Waals surface area contributed by atoms with E-state index in [9.17, 15) is 32.3 Å². The van der Waals surface area contributed by atoms with Gasteiger partial charge in [-0.15, -0.1) is 13.2 Å². The molecule has 1 aromatic heterocycles. The number of nitrogens with one attached hydrogen (secondary N) is 3. The molecule has 17 heteroatoms. The number of H-pyrrole nitrogens is 1. The van der Waals surface area contributed by atoms with Crippen molar-refractivity contribution >= 4 is 52.3 Å². The summed E-state index contributed by atoms with van der Waals surface area (Å²) in [7, 11) is 3.25. The summed E-state index contributed by atoms with van der Waals surface area (Å²) < 4.78 is 49.8. The number of piperidine rings is 1. The fourth-order valence-electron chi connectivity index (χ4n) is 8.10. The van der Waals surface area contributed by atoms with Gasteiger partial charge in [0.05, 0.1) is 23.6 Å². The SMILES string of the molecule is CC1(C)CC1.CC1CC(c2nc3c(ccc4cc(-c5ccc(NC(=O)N6CCN(C7CCN(C=O)CC7)CC6)cc5OC(F)(F)F)ccc43)[nH]2)N(C(=O)CNC=O)C1.CCC.COC. The van der Waals surface area contributed by atoms with Crippen molar-refractivity contribution < 1.29 is 41.8 Å². The molecular weight excluding hydrogens is 830 g/mol. The molecule has 1 aliphatic carbocycles. The number of rotatable bonds is 9. The van der Waals surface area contributed by atoms with Crippen LogP contribution in [0.15, 0.2) is 48.5 Å². The van der Waals surface area contributed by atoms with Gasteiger partial charge in [0, 0.05) is 88.8 Å². The molecule has 4 heterocycles. The molecule has 0 radical (unpaired) electrons. The van der Waals surface area contributed by atoms with Gasteiger partial charge >= 0.3 is 12.4 Å². The lowest BCUT2D eigenvalue weighted by Gasteiger charge is -2.42. The molecule has 3 N–H and O–H groups in total. The van der Waals surface area contributed by atoms with Crippen LogP contribution in [-0.2, 0) is 19.1 Å². The number of carbonyl (C=O) groups is 4. The van der Waals surface area contributed by atoms with E-state index >= 15 is 0 Å². The third kappa shape index (κ3) is 13.5. The van der Waals surface area contributed by atoms with Crippen molar-refractivity contribution in [1.82, 2.24) is 34.9 Å². The van der Waals surface area contributed by atoms with Crippen LogP contribution in [-0.4, -0.2) is 133 Å². The van der Waals surface area contributed by atoms with E-state index in [1.807, 2.05) is 12.1 Å². The highest BCUT2D eigenvalue weighted by Gasteiger charge is 2.37. The number of halogens is 3. The van der Waals surface area contributed by atoms with Crippen LogP contribution < -0.4 is 15.4 Å². The number of anilines is 1. The zero-order valence-corrected chi connectivity index (χ0v) is 38.2. The predicted octanol–water partition coefficient (Wildman–Crippen LogP) is 8.19. The van der Waals surface area contributed by atoms with Gasteiger partial charge in [-0.2, -0.15) is 0 Å². The van der Waals surface area contributed by atoms with E-state index in [1.165, 1.54) is 31.4 Å². The number of piperazine rings is 1. The molecule has 4 fully saturated rings. The molecule has 4 aromatic rings. The number of carbonyl (C=O) groups excluding carboxylic acids is 4. The summed E-state index contributed by atoms with van der Waals surface area (Å²) in [5.41, 5.74) is 3.00. The van der Waals surface area contributed by atoms with Crippen LogP contribution in [0.25, 0.3) is 32.9 Å². The van der Waals surface area contributed by atoms with Gasteiger partial charge < -0.3 is 39.8 Å². The molecule has 0 spiro atoms. The van der Waals surface area contributed by atoms with E-state index in [0.29, 0.717) is 81.6 Å². The lowest BCUT2D eigenvalue weighted by atomic mass is 9.99. The van der Waals surface area contributed by atoms with Gasteiger partial charge in [0.25, 0.3) is 0 Å². The maximum Gasteiger partial charge on any atom is 0.573 e. The molecule has 4 aliphatic rings. The van der Waals surface area contributed by atoms with E-state index in [1.54, 1.807) is 53.2 Å². The number of likely N-dealkylation sites (tertiary alicyclic amines) is 2. The van der Waals surface area contributed by atoms with Crippen molar-refractivity contribution in [3.8, 4) is 16.9 Å². The lowest BCUT2D eigenvalue weighted by Crippen LogP contribution is -2.54. The normalized spacial score (nSPS) is 19.6. The molecule has 8 rings (SSSR count). The molecule has 1 saturated carbocycles. The van der Waals surface area contributed by atoms with Crippen molar-refractivity contribution in [2.24, 2.45) is 11.3 Å². The lowest BCUT2D eigenvalue weighted by molar-refractivity contribution is -0.274. The number of fused-ring (bicyclic) bond motifs is 3. The number of nitrogens with zero attached hydrogens (tertiary/aromatic N) is 5. The average molecular weight is 895 g/mol. The Morgan fingerprint density at radius 2 is 1.61 bits per heavy atom. The van der Waals surface area contributed by atoms with Crippen LogP contribution in [0.4, 0.5) is 23.7 Å². The van der Waals surface area contributed by atoms with Gasteiger partial charge in [-0.25, -0.2) is 9.78 Å². The molecule has 14 nitrogen and oxygen atoms in total. The Morgan fingerprint density at radius 1 is 0.953 bits per heavy atom. The van der Waals surface area contributed by atoms with Crippen LogP contribution >= 0.6 is 0 Å². The fourth-order valence-corrected chi connectivity index (χ4v) is 8.10. The second kappa shape index (κ2) is 22.5. The van der Waals surface area contributed by atoms with Crippen molar-refractivity contribution in [2.45, 2.75) is 91.6 Å². The summed E-state index contributed by atoms with van der Waals surface area (Å²) in [5, 5.41) is 6.68. The number of ether oxygens (including phenoxy) is 2. The molecule has 0 bridgehead atoms. The number of aromatic nitrogens is 2. The van der Waals surface area contributed by atoms with Crippen LogP contribution in [0.1, 0.15) is 85.0 Å². The Labute approximate surface area is 374 Å². The fraction of sp³-hybridized carbons (Fsp3) is 0.553. The van der Waals surface area contributed by atoms with Crippen molar-refractivity contribution in [2.75, 3.05) is 71.9 Å². The highest BCUT2D eigenvalue weighted by Crippen LogP contribution is 2.44. The molecule has 2 atom stereocenters. The molecular formula is C47H65F3N8O6. The summed E-state index contributed by atoms with van der Waals surface area (Å²) in [4.78, 5) is 63.5. The number of amides is 5. The largest absolute Gasteiger partial charge is 0.573 e. The number of aromatic amines is 1. The van der Waals surface area contributed by atoms with Gasteiger partial charge in [-0.3, -0.25) is 19.3 Å². The van der Waals surface area contributed by atoms with Gasteiger partial charge in [-0.05, 0) is 78.7 Å². The first-order valence-electron chi connectivity index (χ1n) is 22.2. The molecule has 3 aromatic carbocycles. The highest BCUT2D eigenvalue weighted by molar-refractivity contribution is 6.05. The number of hydrogen-bond donors (Lipinski definition) is 3. The van der Waals surface area contributed by atoms with Gasteiger partial charge in [0.2, 0.25) is 18.7 Å². The predicted molar refractivity (Wildman–Crippen MR) is 243 cm³/mol. The molecule has 5 amide bonds. The minimum atomic E-state index is -4.97. The van der Waals surface area contributed by atoms with Crippen LogP contribution in [0, 0.1) is 11.3 Å². The van der Waals surface area contributed by atoms with E-state index in [-0.39, 0.29) is 35.7 Å². The Hall–Kier alpha value is -5.42. The standard InChI is InChI=1S/C37H41F3N8O5.C5H10.C3H8.C2H6O/c1-23-16-31(48(20-23)33(51)19-41-21-49)35-43-30-7-3-25-17-24(2-5-29(25)34(30)44-35)28-6-4-26(18-32(28)53-37(38,39)40)42-36(52)47-14-12-46(13-15-47)27-8-10-45(22-50)11-9-27;1-5(2)3-4-5;2*1-3-2/h2-7,17-18,21-23,27,31H,8-16,19-20H2,1H3,(H,41,49)(H,42,52)(H,43,44);3-4H2,1-2H3;3H2,1-2H3;1-2H3. The Balaban J connectivity index is 0.000000625. The van der Waals surface area contributed by atoms with E-state index in [4.69, 9.17) is 4.98 Å². The molecule has 64 heavy (non-hydrogen) atoms. The summed E-state index contributed by atoms with van der Waals surface area (Å²) in [6, 6.07) is 12.9. The van der Waals surface area contributed by atoms with Crippen LogP contribution in [0.5, 0.6) is 5.75 Å². The number of alkyl halides is 3. The minimum Gasteiger partial charge on any atom is -0.405 e. The first-order chi connectivity index (χ1) is 30.5. The third-order valence-electron chi connectivity index (χ3n) is 11.8. The second-order valence-corrected chi connectivity index (χ2v) is 17.8. The molecule has 350 valence electrons. The Morgan fingerprint density at radius 3 is 2.20 bits per heavy atom. The van der Waals surface area contributed by atoms with Crippen molar-refractivity contribution in [1.29, 1.82) is 0 Å². The maximum atomic E-state index is 13.7. The number of methoxy groups -OCH3 is 1. The third-order valence-corrected chi connectivity index (χ3v) is 11.8. The van der Waals surface area contributed by atoms with Crippen LogP contribution in [0.2, 0.25) is 0 Å². The zero-order chi connectivity index (χ0) is 46.6. The van der Waals surface area contributed by atoms with Crippen LogP contribution in [0.3, 0.4) is 0 Å². The quantitative estimate of drug-likeness (QED) is 0.142. The first-order valence-corrected chi connectivity index (χ1v) is 22.2. The first kappa shape index (κ1) is 49.6. The maximum absolute atomic E-state index is 13.7. The van der Waals surface area contributed by atoms with Gasteiger partial charge in [-0.1, -0.05) is 59.2 Å². The van der Waals surface area contributed by atoms with Gasteiger partial charge in [0.1, 0.15) is 11.6 Å². The second-order valence-electron chi connectivity index (χ2n) is 17.8. The van der Waals surface area contributed by atoms with E-state index in [2.05, 4.69) is 64.6 Å². The Bertz CT molecular complexity index is 2170. The van der Waals surface area contributed by atoms with Crippen molar-refractivity contribution in [3.63, 3.8) is 0 Å². The zero-order valence-electron chi connectivity index (χ0n) is 38.2. The number of imidazole rings is 1. The summed E-state index contributed by atoms with van der Waals surface area (Å²) in [6.07, 6.45) is 3.02. The summed E-state index contributed by atoms with van der Waals surface area (Å²) in [5.74, 6) is 0.207. The van der Waals surface area contributed by atoms with E-state index < -0.39 is 18.1 Å². The Kier molecular flexibility index (Phi) is 17.4.